The minimum atomic E-state index is 0.623. The SMILES string of the molecule is COCc1csc(CN2CCNCC2)n1. The van der Waals surface area contributed by atoms with Crippen LogP contribution in [0.3, 0.4) is 0 Å². The van der Waals surface area contributed by atoms with Gasteiger partial charge in [-0.3, -0.25) is 4.90 Å². The number of aromatic nitrogens is 1. The molecule has 0 radical (unpaired) electrons. The van der Waals surface area contributed by atoms with Gasteiger partial charge in [-0.05, 0) is 0 Å². The van der Waals surface area contributed by atoms with Crippen LogP contribution in [0.5, 0.6) is 0 Å². The Balaban J connectivity index is 1.86. The Kier molecular flexibility index (Phi) is 4.08. The fraction of sp³-hybridized carbons (Fsp3) is 0.700. The summed E-state index contributed by atoms with van der Waals surface area (Å²) >= 11 is 1.73. The Labute approximate surface area is 94.3 Å². The topological polar surface area (TPSA) is 37.4 Å². The zero-order valence-corrected chi connectivity index (χ0v) is 9.85. The molecule has 2 heterocycles. The molecule has 4 nitrogen and oxygen atoms in total. The second-order valence-corrected chi connectivity index (χ2v) is 4.63. The second-order valence-electron chi connectivity index (χ2n) is 3.69. The fourth-order valence-corrected chi connectivity index (χ4v) is 2.52. The van der Waals surface area contributed by atoms with Crippen LogP contribution in [-0.4, -0.2) is 43.2 Å². The largest absolute Gasteiger partial charge is 0.378 e. The third-order valence-corrected chi connectivity index (χ3v) is 3.34. The summed E-state index contributed by atoms with van der Waals surface area (Å²) in [4.78, 5) is 6.96. The predicted octanol–water partition coefficient (Wildman–Crippen LogP) is 0.695. The van der Waals surface area contributed by atoms with Gasteiger partial charge < -0.3 is 10.1 Å². The zero-order chi connectivity index (χ0) is 10.5. The van der Waals surface area contributed by atoms with Crippen molar-refractivity contribution in [3.8, 4) is 0 Å². The quantitative estimate of drug-likeness (QED) is 0.821. The number of nitrogens with one attached hydrogen (secondary N) is 1. The summed E-state index contributed by atoms with van der Waals surface area (Å²) in [5, 5.41) is 6.63. The molecule has 1 aliphatic rings. The summed E-state index contributed by atoms with van der Waals surface area (Å²) in [5.41, 5.74) is 1.05. The molecule has 1 aromatic heterocycles. The van der Waals surface area contributed by atoms with E-state index in [2.05, 4.69) is 20.6 Å². The van der Waals surface area contributed by atoms with Crippen molar-refractivity contribution in [1.82, 2.24) is 15.2 Å². The van der Waals surface area contributed by atoms with Crippen LogP contribution in [0, 0.1) is 0 Å². The van der Waals surface area contributed by atoms with Gasteiger partial charge in [-0.1, -0.05) is 0 Å². The summed E-state index contributed by atoms with van der Waals surface area (Å²) < 4.78 is 5.05. The lowest BCUT2D eigenvalue weighted by Gasteiger charge is -2.26. The van der Waals surface area contributed by atoms with Crippen molar-refractivity contribution >= 4 is 11.3 Å². The molecule has 0 atom stereocenters. The van der Waals surface area contributed by atoms with Crippen LogP contribution in [0.15, 0.2) is 5.38 Å². The molecule has 1 aromatic rings. The third kappa shape index (κ3) is 3.24. The molecule has 0 unspecified atom stereocenters. The molecule has 1 N–H and O–H groups in total. The Bertz CT molecular complexity index is 297. The van der Waals surface area contributed by atoms with Gasteiger partial charge in [0.2, 0.25) is 0 Å². The van der Waals surface area contributed by atoms with E-state index in [0.717, 1.165) is 38.4 Å². The smallest absolute Gasteiger partial charge is 0.107 e. The van der Waals surface area contributed by atoms with Crippen molar-refractivity contribution in [2.24, 2.45) is 0 Å². The number of piperazine rings is 1. The van der Waals surface area contributed by atoms with Gasteiger partial charge in [0.25, 0.3) is 0 Å². The number of hydrogen-bond acceptors (Lipinski definition) is 5. The van der Waals surface area contributed by atoms with E-state index in [9.17, 15) is 0 Å². The van der Waals surface area contributed by atoms with E-state index >= 15 is 0 Å². The van der Waals surface area contributed by atoms with Crippen LogP contribution in [0.25, 0.3) is 0 Å². The number of hydrogen-bond donors (Lipinski definition) is 1. The van der Waals surface area contributed by atoms with Crippen molar-refractivity contribution in [1.29, 1.82) is 0 Å². The molecule has 0 bridgehead atoms. The number of thiazole rings is 1. The standard InChI is InChI=1S/C10H17N3OS/c1-14-7-9-8-15-10(12-9)6-13-4-2-11-3-5-13/h8,11H,2-7H2,1H3. The van der Waals surface area contributed by atoms with E-state index in [1.165, 1.54) is 5.01 Å². The fourth-order valence-electron chi connectivity index (χ4n) is 1.70. The maximum absolute atomic E-state index is 5.05. The molecule has 0 aromatic carbocycles. The summed E-state index contributed by atoms with van der Waals surface area (Å²) in [7, 11) is 1.70. The zero-order valence-electron chi connectivity index (χ0n) is 9.03. The first-order valence-electron chi connectivity index (χ1n) is 5.24. The molecule has 1 saturated heterocycles. The van der Waals surface area contributed by atoms with Gasteiger partial charge in [-0.2, -0.15) is 0 Å². The lowest BCUT2D eigenvalue weighted by Crippen LogP contribution is -2.42. The summed E-state index contributed by atoms with van der Waals surface area (Å²) in [6.07, 6.45) is 0. The van der Waals surface area contributed by atoms with Crippen molar-refractivity contribution < 1.29 is 4.74 Å². The van der Waals surface area contributed by atoms with Gasteiger partial charge in [-0.25, -0.2) is 4.98 Å². The van der Waals surface area contributed by atoms with Gasteiger partial charge in [-0.15, -0.1) is 11.3 Å². The van der Waals surface area contributed by atoms with Gasteiger partial charge in [0, 0.05) is 38.7 Å². The van der Waals surface area contributed by atoms with Crippen LogP contribution in [-0.2, 0) is 17.9 Å². The molecule has 2 rings (SSSR count). The highest BCUT2D eigenvalue weighted by molar-refractivity contribution is 7.09. The minimum absolute atomic E-state index is 0.623. The molecule has 1 fully saturated rings. The van der Waals surface area contributed by atoms with Gasteiger partial charge >= 0.3 is 0 Å². The van der Waals surface area contributed by atoms with Crippen LogP contribution in [0.4, 0.5) is 0 Å². The monoisotopic (exact) mass is 227 g/mol. The van der Waals surface area contributed by atoms with E-state index < -0.39 is 0 Å². The van der Waals surface area contributed by atoms with E-state index in [0.29, 0.717) is 6.61 Å². The predicted molar refractivity (Wildman–Crippen MR) is 61.0 cm³/mol. The van der Waals surface area contributed by atoms with Gasteiger partial charge in [0.05, 0.1) is 18.8 Å². The second kappa shape index (κ2) is 5.55. The van der Waals surface area contributed by atoms with E-state index in [1.807, 2.05) is 0 Å². The first kappa shape index (κ1) is 11.0. The minimum Gasteiger partial charge on any atom is -0.378 e. The Morgan fingerprint density at radius 1 is 1.53 bits per heavy atom. The number of rotatable bonds is 4. The van der Waals surface area contributed by atoms with E-state index in [-0.39, 0.29) is 0 Å². The van der Waals surface area contributed by atoms with E-state index in [1.54, 1.807) is 18.4 Å². The molecule has 0 aliphatic carbocycles. The highest BCUT2D eigenvalue weighted by Crippen LogP contribution is 2.13. The highest BCUT2D eigenvalue weighted by Gasteiger charge is 2.11. The van der Waals surface area contributed by atoms with Gasteiger partial charge in [0.1, 0.15) is 5.01 Å². The molecular formula is C10H17N3OS. The van der Waals surface area contributed by atoms with Crippen molar-refractivity contribution in [3.05, 3.63) is 16.1 Å². The molecule has 5 heteroatoms. The first-order valence-corrected chi connectivity index (χ1v) is 6.12. The molecule has 0 amide bonds. The summed E-state index contributed by atoms with van der Waals surface area (Å²) in [6, 6.07) is 0. The van der Waals surface area contributed by atoms with Crippen LogP contribution >= 0.6 is 11.3 Å². The Hall–Kier alpha value is -0.490. The maximum atomic E-state index is 5.05. The van der Waals surface area contributed by atoms with Crippen molar-refractivity contribution in [2.45, 2.75) is 13.2 Å². The Morgan fingerprint density at radius 3 is 3.07 bits per heavy atom. The lowest BCUT2D eigenvalue weighted by molar-refractivity contribution is 0.181. The number of ether oxygens (including phenoxy) is 1. The van der Waals surface area contributed by atoms with Crippen molar-refractivity contribution in [2.75, 3.05) is 33.3 Å². The molecular weight excluding hydrogens is 210 g/mol. The molecule has 0 spiro atoms. The summed E-state index contributed by atoms with van der Waals surface area (Å²) in [6.45, 7) is 6.04. The number of nitrogens with zero attached hydrogens (tertiary/aromatic N) is 2. The lowest BCUT2D eigenvalue weighted by atomic mass is 10.3. The molecule has 15 heavy (non-hydrogen) atoms. The molecule has 84 valence electrons. The number of methoxy groups -OCH3 is 1. The summed E-state index contributed by atoms with van der Waals surface area (Å²) in [5.74, 6) is 0. The Morgan fingerprint density at radius 2 is 2.33 bits per heavy atom. The third-order valence-electron chi connectivity index (χ3n) is 2.46. The van der Waals surface area contributed by atoms with Crippen LogP contribution in [0.2, 0.25) is 0 Å². The van der Waals surface area contributed by atoms with E-state index in [4.69, 9.17) is 4.74 Å². The maximum Gasteiger partial charge on any atom is 0.107 e. The molecule has 1 aliphatic heterocycles. The molecule has 0 saturated carbocycles. The van der Waals surface area contributed by atoms with Crippen molar-refractivity contribution in [3.63, 3.8) is 0 Å². The average molecular weight is 227 g/mol. The van der Waals surface area contributed by atoms with Gasteiger partial charge in [0.15, 0.2) is 0 Å². The highest BCUT2D eigenvalue weighted by atomic mass is 32.1. The average Bonchev–Trinajstić information content (AvgIpc) is 2.68. The van der Waals surface area contributed by atoms with Crippen LogP contribution in [0.1, 0.15) is 10.7 Å². The normalized spacial score (nSPS) is 18.2. The first-order chi connectivity index (χ1) is 7.38. The van der Waals surface area contributed by atoms with Crippen LogP contribution < -0.4 is 5.32 Å².